The highest BCUT2D eigenvalue weighted by atomic mass is 32.1. The second-order valence-corrected chi connectivity index (χ2v) is 5.99. The van der Waals surface area contributed by atoms with Gasteiger partial charge in [-0.15, -0.1) is 0 Å². The van der Waals surface area contributed by atoms with Crippen LogP contribution in [0.15, 0.2) is 18.2 Å². The summed E-state index contributed by atoms with van der Waals surface area (Å²) in [4.78, 5) is 2.52. The highest BCUT2D eigenvalue weighted by Gasteiger charge is 2.22. The second kappa shape index (κ2) is 7.04. The van der Waals surface area contributed by atoms with Crippen LogP contribution >= 0.6 is 12.2 Å². The summed E-state index contributed by atoms with van der Waals surface area (Å²) in [6.45, 7) is 9.71. The van der Waals surface area contributed by atoms with Crippen LogP contribution in [0.5, 0.6) is 0 Å². The first-order valence-corrected chi connectivity index (χ1v) is 7.87. The molecule has 2 rings (SSSR count). The molecule has 110 valence electrons. The van der Waals surface area contributed by atoms with Gasteiger partial charge in [-0.1, -0.05) is 19.1 Å². The van der Waals surface area contributed by atoms with Gasteiger partial charge in [-0.2, -0.15) is 0 Å². The molecule has 1 saturated heterocycles. The van der Waals surface area contributed by atoms with E-state index in [1.807, 2.05) is 0 Å². The third-order valence-electron chi connectivity index (χ3n) is 4.04. The molecule has 0 saturated carbocycles. The maximum absolute atomic E-state index is 5.41. The van der Waals surface area contributed by atoms with E-state index in [0.717, 1.165) is 23.9 Å². The predicted octanol–water partition coefficient (Wildman–Crippen LogP) is 3.07. The van der Waals surface area contributed by atoms with E-state index in [1.165, 1.54) is 30.5 Å². The quantitative estimate of drug-likeness (QED) is 0.834. The van der Waals surface area contributed by atoms with Gasteiger partial charge in [0, 0.05) is 18.3 Å². The van der Waals surface area contributed by atoms with Crippen molar-refractivity contribution < 1.29 is 0 Å². The molecule has 2 N–H and O–H groups in total. The molecule has 1 aliphatic heterocycles. The average Bonchev–Trinajstić information content (AvgIpc) is 2.88. The largest absolute Gasteiger partial charge is 0.361 e. The van der Waals surface area contributed by atoms with E-state index in [1.54, 1.807) is 0 Å². The lowest BCUT2D eigenvalue weighted by Gasteiger charge is -2.23. The van der Waals surface area contributed by atoms with Crippen LogP contribution in [0.2, 0.25) is 0 Å². The fourth-order valence-electron chi connectivity index (χ4n) is 2.79. The molecule has 0 radical (unpaired) electrons. The molecule has 20 heavy (non-hydrogen) atoms. The number of anilines is 1. The molecule has 0 bridgehead atoms. The number of hydrogen-bond acceptors (Lipinski definition) is 2. The Morgan fingerprint density at radius 3 is 2.95 bits per heavy atom. The van der Waals surface area contributed by atoms with Crippen molar-refractivity contribution in [3.63, 3.8) is 0 Å². The topological polar surface area (TPSA) is 27.3 Å². The zero-order valence-corrected chi connectivity index (χ0v) is 13.5. The lowest BCUT2D eigenvalue weighted by molar-refractivity contribution is 0.267. The third kappa shape index (κ3) is 3.93. The fraction of sp³-hybridized carbons (Fsp3) is 0.562. The van der Waals surface area contributed by atoms with Crippen LogP contribution in [0.1, 0.15) is 30.9 Å². The summed E-state index contributed by atoms with van der Waals surface area (Å²) < 4.78 is 0. The van der Waals surface area contributed by atoms with Gasteiger partial charge in [0.1, 0.15) is 0 Å². The summed E-state index contributed by atoms with van der Waals surface area (Å²) in [5.41, 5.74) is 3.56. The van der Waals surface area contributed by atoms with Crippen LogP contribution in [0.3, 0.4) is 0 Å². The van der Waals surface area contributed by atoms with Crippen LogP contribution in [-0.4, -0.2) is 35.7 Å². The smallest absolute Gasteiger partial charge is 0.170 e. The molecule has 0 aromatic heterocycles. The Morgan fingerprint density at radius 1 is 1.40 bits per heavy atom. The van der Waals surface area contributed by atoms with Crippen LogP contribution in [0.4, 0.5) is 5.69 Å². The molecule has 3 nitrogen and oxygen atoms in total. The molecule has 1 aromatic rings. The summed E-state index contributed by atoms with van der Waals surface area (Å²) in [6, 6.07) is 7.00. The molecule has 1 aliphatic rings. The van der Waals surface area contributed by atoms with Crippen LogP contribution < -0.4 is 10.6 Å². The number of hydrogen-bond donors (Lipinski definition) is 2. The average molecular weight is 291 g/mol. The normalized spacial score (nSPS) is 19.1. The molecule has 4 heteroatoms. The highest BCUT2D eigenvalue weighted by molar-refractivity contribution is 7.80. The van der Waals surface area contributed by atoms with Gasteiger partial charge in [-0.05, 0) is 69.2 Å². The number of nitrogens with zero attached hydrogens (tertiary/aromatic N) is 1. The zero-order valence-electron chi connectivity index (χ0n) is 12.7. The molecule has 1 aromatic carbocycles. The van der Waals surface area contributed by atoms with Crippen molar-refractivity contribution in [1.29, 1.82) is 0 Å². The minimum absolute atomic E-state index is 0.623. The molecule has 0 spiro atoms. The number of aryl methyl sites for hydroxylation is 2. The van der Waals surface area contributed by atoms with Crippen LogP contribution in [0.25, 0.3) is 0 Å². The Labute approximate surface area is 127 Å². The van der Waals surface area contributed by atoms with Crippen molar-refractivity contribution in [1.82, 2.24) is 10.2 Å². The number of nitrogens with one attached hydrogen (secondary N) is 2. The van der Waals surface area contributed by atoms with Crippen molar-refractivity contribution in [2.45, 2.75) is 39.7 Å². The monoisotopic (exact) mass is 291 g/mol. The molecule has 0 amide bonds. The van der Waals surface area contributed by atoms with E-state index >= 15 is 0 Å². The van der Waals surface area contributed by atoms with Crippen LogP contribution in [0, 0.1) is 13.8 Å². The van der Waals surface area contributed by atoms with E-state index < -0.39 is 0 Å². The minimum Gasteiger partial charge on any atom is -0.361 e. The van der Waals surface area contributed by atoms with E-state index in [9.17, 15) is 0 Å². The van der Waals surface area contributed by atoms with Crippen LogP contribution in [-0.2, 0) is 0 Å². The van der Waals surface area contributed by atoms with E-state index in [-0.39, 0.29) is 0 Å². The highest BCUT2D eigenvalue weighted by Crippen LogP contribution is 2.17. The van der Waals surface area contributed by atoms with E-state index in [2.05, 4.69) is 54.5 Å². The number of rotatable bonds is 4. The van der Waals surface area contributed by atoms with Gasteiger partial charge in [-0.3, -0.25) is 4.90 Å². The summed E-state index contributed by atoms with van der Waals surface area (Å²) in [5.74, 6) is 0. The van der Waals surface area contributed by atoms with E-state index in [4.69, 9.17) is 12.2 Å². The number of benzene rings is 1. The Kier molecular flexibility index (Phi) is 5.38. The van der Waals surface area contributed by atoms with Gasteiger partial charge in [-0.25, -0.2) is 0 Å². The van der Waals surface area contributed by atoms with Crippen molar-refractivity contribution >= 4 is 23.0 Å². The lowest BCUT2D eigenvalue weighted by Crippen LogP contribution is -2.41. The number of likely N-dealkylation sites (tertiary alicyclic amines) is 1. The molecule has 1 atom stereocenters. The van der Waals surface area contributed by atoms with Crippen molar-refractivity contribution in [2.24, 2.45) is 0 Å². The molecule has 1 fully saturated rings. The van der Waals surface area contributed by atoms with Gasteiger partial charge in [0.2, 0.25) is 0 Å². The van der Waals surface area contributed by atoms with Gasteiger partial charge < -0.3 is 10.6 Å². The molecular weight excluding hydrogens is 266 g/mol. The maximum atomic E-state index is 5.41. The number of thiocarbonyl (C=S) groups is 1. The standard InChI is InChI=1S/C16H25N3S/c1-4-19-9-5-6-14(19)11-17-16(20)18-15-10-12(2)7-8-13(15)3/h7-8,10,14H,4-6,9,11H2,1-3H3,(H2,17,18,20)/t14-/m1/s1. The summed E-state index contributed by atoms with van der Waals surface area (Å²) >= 11 is 5.41. The minimum atomic E-state index is 0.623. The maximum Gasteiger partial charge on any atom is 0.170 e. The Morgan fingerprint density at radius 2 is 2.20 bits per heavy atom. The van der Waals surface area contributed by atoms with E-state index in [0.29, 0.717) is 6.04 Å². The van der Waals surface area contributed by atoms with Gasteiger partial charge >= 0.3 is 0 Å². The summed E-state index contributed by atoms with van der Waals surface area (Å²) in [7, 11) is 0. The summed E-state index contributed by atoms with van der Waals surface area (Å²) in [5, 5.41) is 7.40. The Bertz CT molecular complexity index is 473. The molecule has 0 aliphatic carbocycles. The van der Waals surface area contributed by atoms with Crippen molar-refractivity contribution in [2.75, 3.05) is 25.0 Å². The summed E-state index contributed by atoms with van der Waals surface area (Å²) in [6.07, 6.45) is 2.57. The predicted molar refractivity (Wildman–Crippen MR) is 90.4 cm³/mol. The van der Waals surface area contributed by atoms with Gasteiger partial charge in [0.25, 0.3) is 0 Å². The first-order chi connectivity index (χ1) is 9.60. The Balaban J connectivity index is 1.85. The first kappa shape index (κ1) is 15.3. The molecule has 0 unspecified atom stereocenters. The molecule has 1 heterocycles. The lowest BCUT2D eigenvalue weighted by atomic mass is 10.1. The number of likely N-dealkylation sites (N-methyl/N-ethyl adjacent to an activating group) is 1. The van der Waals surface area contributed by atoms with Crippen molar-refractivity contribution in [3.8, 4) is 0 Å². The van der Waals surface area contributed by atoms with Crippen molar-refractivity contribution in [3.05, 3.63) is 29.3 Å². The van der Waals surface area contributed by atoms with Gasteiger partial charge in [0.15, 0.2) is 5.11 Å². The molecular formula is C16H25N3S. The zero-order chi connectivity index (χ0) is 14.5. The third-order valence-corrected chi connectivity index (χ3v) is 4.29. The van der Waals surface area contributed by atoms with Gasteiger partial charge in [0.05, 0.1) is 0 Å². The Hall–Kier alpha value is -1.13. The first-order valence-electron chi connectivity index (χ1n) is 7.46. The second-order valence-electron chi connectivity index (χ2n) is 5.58. The fourth-order valence-corrected chi connectivity index (χ4v) is 2.98. The SMILES string of the molecule is CCN1CCC[C@@H]1CNC(=S)Nc1cc(C)ccc1C.